The first-order valence-electron chi connectivity index (χ1n) is 9.97. The van der Waals surface area contributed by atoms with Crippen LogP contribution in [0.15, 0.2) is 40.6 Å². The van der Waals surface area contributed by atoms with E-state index in [4.69, 9.17) is 0 Å². The van der Waals surface area contributed by atoms with Crippen LogP contribution in [0.5, 0.6) is 0 Å². The van der Waals surface area contributed by atoms with Crippen molar-refractivity contribution in [1.29, 1.82) is 0 Å². The van der Waals surface area contributed by atoms with Gasteiger partial charge in [0.1, 0.15) is 4.21 Å². The van der Waals surface area contributed by atoms with Gasteiger partial charge in [0, 0.05) is 30.2 Å². The van der Waals surface area contributed by atoms with Crippen molar-refractivity contribution < 1.29 is 13.2 Å². The van der Waals surface area contributed by atoms with Crippen molar-refractivity contribution in [3.05, 3.63) is 46.8 Å². The van der Waals surface area contributed by atoms with E-state index in [1.165, 1.54) is 16.9 Å². The number of nitrogens with zero attached hydrogens (tertiary/aromatic N) is 2. The van der Waals surface area contributed by atoms with Crippen molar-refractivity contribution in [3.63, 3.8) is 0 Å². The minimum Gasteiger partial charge on any atom is -0.326 e. The van der Waals surface area contributed by atoms with E-state index in [9.17, 15) is 13.2 Å². The van der Waals surface area contributed by atoms with Crippen LogP contribution in [0.2, 0.25) is 0 Å². The molecule has 0 bridgehead atoms. The average Bonchev–Trinajstić information content (AvgIpc) is 3.17. The molecule has 0 saturated carbocycles. The summed E-state index contributed by atoms with van der Waals surface area (Å²) in [7, 11) is 0.652. The quantitative estimate of drug-likeness (QED) is 0.691. The molecule has 1 aromatic heterocycles. The van der Waals surface area contributed by atoms with Crippen molar-refractivity contribution in [2.75, 3.05) is 39.0 Å². The van der Waals surface area contributed by atoms with Crippen molar-refractivity contribution >= 4 is 33.0 Å². The van der Waals surface area contributed by atoms with E-state index in [1.54, 1.807) is 16.4 Å². The van der Waals surface area contributed by atoms with E-state index >= 15 is 0 Å². The van der Waals surface area contributed by atoms with E-state index in [0.29, 0.717) is 17.3 Å². The molecule has 1 aromatic carbocycles. The molecule has 29 heavy (non-hydrogen) atoms. The molecule has 2 aromatic rings. The van der Waals surface area contributed by atoms with Gasteiger partial charge < -0.3 is 10.2 Å². The van der Waals surface area contributed by atoms with Gasteiger partial charge in [-0.15, -0.1) is 11.3 Å². The number of anilines is 1. The lowest BCUT2D eigenvalue weighted by Crippen LogP contribution is -2.35. The molecule has 1 N–H and O–H groups in total. The number of amides is 1. The fourth-order valence-corrected chi connectivity index (χ4v) is 6.32. The summed E-state index contributed by atoms with van der Waals surface area (Å²) in [5.41, 5.74) is 1.98. The van der Waals surface area contributed by atoms with E-state index in [2.05, 4.69) is 10.2 Å². The zero-order valence-electron chi connectivity index (χ0n) is 17.1. The Morgan fingerprint density at radius 1 is 1.07 bits per heavy atom. The number of rotatable bonds is 8. The first kappa shape index (κ1) is 22.0. The SMILES string of the molecule is CN(C)CCc1ccc(NC(=O)Cc2ccc(S(=O)(=O)N3CCCCC3)s2)cc1. The third kappa shape index (κ3) is 6.12. The van der Waals surface area contributed by atoms with E-state index in [0.717, 1.165) is 42.8 Å². The van der Waals surface area contributed by atoms with Crippen LogP contribution in [0.1, 0.15) is 29.7 Å². The standard InChI is InChI=1S/C21H29N3O3S2/c1-23(2)15-12-17-6-8-18(9-7-17)22-20(25)16-19-10-11-21(28-19)29(26,27)24-13-4-3-5-14-24/h6-11H,3-5,12-16H2,1-2H3,(H,22,25). The summed E-state index contributed by atoms with van der Waals surface area (Å²) in [4.78, 5) is 15.3. The summed E-state index contributed by atoms with van der Waals surface area (Å²) in [6.07, 6.45) is 4.04. The van der Waals surface area contributed by atoms with Gasteiger partial charge in [-0.25, -0.2) is 8.42 Å². The molecule has 1 aliphatic heterocycles. The Kier molecular flexibility index (Phi) is 7.45. The molecule has 1 saturated heterocycles. The molecule has 0 aliphatic carbocycles. The zero-order chi connectivity index (χ0) is 20.9. The number of piperidine rings is 1. The Hall–Kier alpha value is -1.74. The molecule has 3 rings (SSSR count). The summed E-state index contributed by atoms with van der Waals surface area (Å²) < 4.78 is 27.4. The smallest absolute Gasteiger partial charge is 0.252 e. The van der Waals surface area contributed by atoms with Crippen LogP contribution in [-0.2, 0) is 27.7 Å². The lowest BCUT2D eigenvalue weighted by molar-refractivity contribution is -0.115. The number of likely N-dealkylation sites (N-methyl/N-ethyl adjacent to an activating group) is 1. The second-order valence-corrected chi connectivity index (χ2v) is 11.0. The number of nitrogens with one attached hydrogen (secondary N) is 1. The van der Waals surface area contributed by atoms with Crippen LogP contribution in [0.25, 0.3) is 0 Å². The van der Waals surface area contributed by atoms with Crippen LogP contribution >= 0.6 is 11.3 Å². The monoisotopic (exact) mass is 435 g/mol. The molecule has 158 valence electrons. The number of hydrogen-bond donors (Lipinski definition) is 1. The van der Waals surface area contributed by atoms with Gasteiger partial charge in [-0.2, -0.15) is 4.31 Å². The van der Waals surface area contributed by atoms with Crippen LogP contribution in [0.3, 0.4) is 0 Å². The van der Waals surface area contributed by atoms with E-state index < -0.39 is 10.0 Å². The third-order valence-electron chi connectivity index (χ3n) is 4.97. The molecule has 0 spiro atoms. The summed E-state index contributed by atoms with van der Waals surface area (Å²) in [6, 6.07) is 11.2. The first-order chi connectivity index (χ1) is 13.8. The molecule has 1 amide bonds. The van der Waals surface area contributed by atoms with Crippen molar-refractivity contribution in [1.82, 2.24) is 9.21 Å². The number of sulfonamides is 1. The van der Waals surface area contributed by atoms with Gasteiger partial charge >= 0.3 is 0 Å². The highest BCUT2D eigenvalue weighted by atomic mass is 32.2. The van der Waals surface area contributed by atoms with E-state index in [-0.39, 0.29) is 12.3 Å². The Morgan fingerprint density at radius 3 is 2.41 bits per heavy atom. The Morgan fingerprint density at radius 2 is 1.76 bits per heavy atom. The molecule has 0 atom stereocenters. The third-order valence-corrected chi connectivity index (χ3v) is 8.42. The Balaban J connectivity index is 1.56. The van der Waals surface area contributed by atoms with Crippen molar-refractivity contribution in [3.8, 4) is 0 Å². The summed E-state index contributed by atoms with van der Waals surface area (Å²) >= 11 is 1.19. The van der Waals surface area contributed by atoms with Gasteiger partial charge in [0.25, 0.3) is 10.0 Å². The topological polar surface area (TPSA) is 69.7 Å². The van der Waals surface area contributed by atoms with Crippen LogP contribution < -0.4 is 5.32 Å². The highest BCUT2D eigenvalue weighted by Crippen LogP contribution is 2.27. The Bertz CT molecular complexity index is 915. The van der Waals surface area contributed by atoms with Gasteiger partial charge in [-0.1, -0.05) is 18.6 Å². The van der Waals surface area contributed by atoms with Crippen molar-refractivity contribution in [2.45, 2.75) is 36.3 Å². The van der Waals surface area contributed by atoms with Crippen LogP contribution in [0, 0.1) is 0 Å². The number of benzene rings is 1. The minimum absolute atomic E-state index is 0.144. The van der Waals surface area contributed by atoms with Gasteiger partial charge in [0.2, 0.25) is 5.91 Å². The van der Waals surface area contributed by atoms with E-state index in [1.807, 2.05) is 38.4 Å². The zero-order valence-corrected chi connectivity index (χ0v) is 18.7. The molecule has 1 fully saturated rings. The highest BCUT2D eigenvalue weighted by Gasteiger charge is 2.27. The largest absolute Gasteiger partial charge is 0.326 e. The number of carbonyl (C=O) groups is 1. The highest BCUT2D eigenvalue weighted by molar-refractivity contribution is 7.91. The maximum absolute atomic E-state index is 12.7. The fourth-order valence-electron chi connectivity index (χ4n) is 3.30. The summed E-state index contributed by atoms with van der Waals surface area (Å²) in [5, 5.41) is 2.89. The van der Waals surface area contributed by atoms with Gasteiger partial charge in [-0.3, -0.25) is 4.79 Å². The van der Waals surface area contributed by atoms with Crippen molar-refractivity contribution in [2.24, 2.45) is 0 Å². The van der Waals surface area contributed by atoms with Gasteiger partial charge in [0.15, 0.2) is 0 Å². The molecular weight excluding hydrogens is 406 g/mol. The van der Waals surface area contributed by atoms with Crippen LogP contribution in [0.4, 0.5) is 5.69 Å². The molecule has 6 nitrogen and oxygen atoms in total. The van der Waals surface area contributed by atoms with Gasteiger partial charge in [0.05, 0.1) is 6.42 Å². The maximum atomic E-state index is 12.7. The number of thiophene rings is 1. The molecular formula is C21H29N3O3S2. The molecule has 0 unspecified atom stereocenters. The summed E-state index contributed by atoms with van der Waals surface area (Å²) in [6.45, 7) is 2.15. The molecule has 8 heteroatoms. The second kappa shape index (κ2) is 9.84. The Labute approximate surface area is 177 Å². The first-order valence-corrected chi connectivity index (χ1v) is 12.2. The lowest BCUT2D eigenvalue weighted by Gasteiger charge is -2.25. The summed E-state index contributed by atoms with van der Waals surface area (Å²) in [5.74, 6) is -0.144. The minimum atomic E-state index is -3.44. The molecule has 0 radical (unpaired) electrons. The average molecular weight is 436 g/mol. The normalized spacial score (nSPS) is 15.6. The van der Waals surface area contributed by atoms with Crippen LogP contribution in [-0.4, -0.2) is 57.3 Å². The predicted octanol–water partition coefficient (Wildman–Crippen LogP) is 3.21. The van der Waals surface area contributed by atoms with Gasteiger partial charge in [-0.05, 0) is 63.2 Å². The molecule has 1 aliphatic rings. The number of carbonyl (C=O) groups excluding carboxylic acids is 1. The number of hydrogen-bond acceptors (Lipinski definition) is 5. The fraction of sp³-hybridized carbons (Fsp3) is 0.476. The predicted molar refractivity (Wildman–Crippen MR) is 118 cm³/mol. The second-order valence-electron chi connectivity index (χ2n) is 7.66. The lowest BCUT2D eigenvalue weighted by atomic mass is 10.1. The maximum Gasteiger partial charge on any atom is 0.252 e. The molecule has 2 heterocycles.